The zero-order valence-corrected chi connectivity index (χ0v) is 24.7. The number of carbonyl (C=O) groups excluding carboxylic acids is 3. The lowest BCUT2D eigenvalue weighted by molar-refractivity contribution is -0.132. The summed E-state index contributed by atoms with van der Waals surface area (Å²) in [5.41, 5.74) is 0.836. The summed E-state index contributed by atoms with van der Waals surface area (Å²) in [6.07, 6.45) is 3.33. The Bertz CT molecular complexity index is 1530. The quantitative estimate of drug-likeness (QED) is 0.0713. The number of ether oxygens (including phenoxy) is 4. The molecule has 1 aliphatic heterocycles. The number of hydrogen-bond donors (Lipinski definition) is 1. The average Bonchev–Trinajstić information content (AvgIpc) is 3.51. The van der Waals surface area contributed by atoms with Gasteiger partial charge in [-0.25, -0.2) is 9.78 Å². The summed E-state index contributed by atoms with van der Waals surface area (Å²) in [5.74, 6) is -1.63. The summed E-state index contributed by atoms with van der Waals surface area (Å²) >= 11 is 0.904. The van der Waals surface area contributed by atoms with Crippen LogP contribution in [0.5, 0.6) is 17.2 Å². The van der Waals surface area contributed by atoms with Crippen LogP contribution in [0.3, 0.4) is 0 Å². The number of esters is 1. The molecule has 1 amide bonds. The number of benzene rings is 2. The van der Waals surface area contributed by atoms with Gasteiger partial charge < -0.3 is 24.1 Å². The van der Waals surface area contributed by atoms with Crippen molar-refractivity contribution in [2.75, 3.05) is 32.3 Å². The Balaban J connectivity index is 1.88. The Hall–Kier alpha value is -4.64. The predicted octanol–water partition coefficient (Wildman–Crippen LogP) is 5.62. The highest BCUT2D eigenvalue weighted by molar-refractivity contribution is 7.17. The van der Waals surface area contributed by atoms with Crippen molar-refractivity contribution in [1.82, 2.24) is 4.98 Å². The van der Waals surface area contributed by atoms with Gasteiger partial charge in [0.2, 0.25) is 0 Å². The second-order valence-electron chi connectivity index (χ2n) is 9.28. The molecule has 1 saturated heterocycles. The van der Waals surface area contributed by atoms with Gasteiger partial charge in [-0.1, -0.05) is 49.5 Å². The predicted molar refractivity (Wildman–Crippen MR) is 159 cm³/mol. The molecule has 220 valence electrons. The van der Waals surface area contributed by atoms with E-state index < -0.39 is 23.7 Å². The third-order valence-electron chi connectivity index (χ3n) is 6.58. The molecule has 10 nitrogen and oxygen atoms in total. The normalized spacial score (nSPS) is 15.9. The molecule has 1 aliphatic rings. The number of amides is 1. The minimum absolute atomic E-state index is 0.000532. The van der Waals surface area contributed by atoms with Crippen LogP contribution in [-0.4, -0.2) is 55.2 Å². The minimum Gasteiger partial charge on any atom is -0.507 e. The molecule has 0 aliphatic carbocycles. The summed E-state index contributed by atoms with van der Waals surface area (Å²) in [6, 6.07) is 10.5. The van der Waals surface area contributed by atoms with Crippen LogP contribution < -0.4 is 19.1 Å². The molecule has 0 radical (unpaired) electrons. The van der Waals surface area contributed by atoms with E-state index in [9.17, 15) is 19.5 Å². The smallest absolute Gasteiger partial charge is 0.350 e. The molecule has 1 atom stereocenters. The standard InChI is InChI=1S/C31H32N2O8S/c1-6-8-17-40-20-14-12-19(13-15-20)25(34)23-24(21-10-9-11-22(38-4)27(21)39-5)33(29(36)26(23)35)31-32-18(3)28(42-31)30(37)41-16-7-2/h7,9-15,24,34H,2,6,8,16-17H2,1,3-5H3/b25-23+. The van der Waals surface area contributed by atoms with Crippen LogP contribution in [0.15, 0.2) is 60.7 Å². The van der Waals surface area contributed by atoms with Crippen LogP contribution in [0.1, 0.15) is 52.3 Å². The molecule has 4 rings (SSSR count). The molecule has 0 saturated carbocycles. The van der Waals surface area contributed by atoms with Gasteiger partial charge in [0.25, 0.3) is 5.78 Å². The van der Waals surface area contributed by atoms with Crippen LogP contribution in [0.2, 0.25) is 0 Å². The summed E-state index contributed by atoms with van der Waals surface area (Å²) in [7, 11) is 2.90. The Morgan fingerprint density at radius 2 is 1.88 bits per heavy atom. The van der Waals surface area contributed by atoms with Crippen molar-refractivity contribution >= 4 is 39.9 Å². The molecule has 1 unspecified atom stereocenters. The molecule has 3 aromatic rings. The van der Waals surface area contributed by atoms with E-state index in [0.29, 0.717) is 34.9 Å². The topological polar surface area (TPSA) is 124 Å². The third-order valence-corrected chi connectivity index (χ3v) is 7.71. The summed E-state index contributed by atoms with van der Waals surface area (Å²) in [5, 5.41) is 11.6. The summed E-state index contributed by atoms with van der Waals surface area (Å²) in [4.78, 5) is 45.7. The number of anilines is 1. The number of Topliss-reactive ketones (excluding diaryl/α,β-unsaturated/α-hetero) is 1. The minimum atomic E-state index is -1.15. The molecule has 11 heteroatoms. The fourth-order valence-corrected chi connectivity index (χ4v) is 5.51. The van der Waals surface area contributed by atoms with Crippen molar-refractivity contribution in [2.24, 2.45) is 0 Å². The van der Waals surface area contributed by atoms with Crippen LogP contribution in [0.4, 0.5) is 5.13 Å². The number of unbranched alkanes of at least 4 members (excludes halogenated alkanes) is 1. The Labute approximate surface area is 247 Å². The number of methoxy groups -OCH3 is 2. The van der Waals surface area contributed by atoms with Crippen molar-refractivity contribution in [3.8, 4) is 17.2 Å². The van der Waals surface area contributed by atoms with E-state index in [-0.39, 0.29) is 33.7 Å². The Morgan fingerprint density at radius 3 is 2.52 bits per heavy atom. The van der Waals surface area contributed by atoms with Gasteiger partial charge in [-0.15, -0.1) is 0 Å². The second-order valence-corrected chi connectivity index (χ2v) is 10.3. The first-order chi connectivity index (χ1) is 20.3. The first-order valence-electron chi connectivity index (χ1n) is 13.3. The van der Waals surface area contributed by atoms with Crippen molar-refractivity contribution < 1.29 is 38.4 Å². The molecule has 42 heavy (non-hydrogen) atoms. The summed E-state index contributed by atoms with van der Waals surface area (Å²) < 4.78 is 22.0. The number of nitrogens with zero attached hydrogens (tertiary/aromatic N) is 2. The third kappa shape index (κ3) is 5.87. The van der Waals surface area contributed by atoms with Gasteiger partial charge in [-0.3, -0.25) is 14.5 Å². The number of para-hydroxylation sites is 1. The number of aromatic nitrogens is 1. The zero-order chi connectivity index (χ0) is 30.4. The van der Waals surface area contributed by atoms with E-state index in [4.69, 9.17) is 18.9 Å². The van der Waals surface area contributed by atoms with Crippen molar-refractivity contribution in [1.29, 1.82) is 0 Å². The monoisotopic (exact) mass is 592 g/mol. The fourth-order valence-electron chi connectivity index (χ4n) is 4.53. The van der Waals surface area contributed by atoms with Crippen molar-refractivity contribution in [2.45, 2.75) is 32.7 Å². The maximum absolute atomic E-state index is 13.6. The van der Waals surface area contributed by atoms with E-state index in [2.05, 4.69) is 18.5 Å². The number of hydrogen-bond acceptors (Lipinski definition) is 10. The van der Waals surface area contributed by atoms with Gasteiger partial charge in [-0.05, 0) is 43.7 Å². The van der Waals surface area contributed by atoms with E-state index in [0.717, 1.165) is 29.1 Å². The van der Waals surface area contributed by atoms with Gasteiger partial charge in [0.05, 0.1) is 32.1 Å². The average molecular weight is 593 g/mol. The highest BCUT2D eigenvalue weighted by atomic mass is 32.1. The van der Waals surface area contributed by atoms with Crippen molar-refractivity contribution in [3.63, 3.8) is 0 Å². The molecular weight excluding hydrogens is 560 g/mol. The van der Waals surface area contributed by atoms with E-state index in [1.165, 1.54) is 20.3 Å². The van der Waals surface area contributed by atoms with Gasteiger partial charge in [0, 0.05) is 11.1 Å². The van der Waals surface area contributed by atoms with Crippen LogP contribution in [0, 0.1) is 6.92 Å². The van der Waals surface area contributed by atoms with Crippen LogP contribution >= 0.6 is 11.3 Å². The van der Waals surface area contributed by atoms with Crippen molar-refractivity contribution in [3.05, 3.63) is 82.4 Å². The lowest BCUT2D eigenvalue weighted by Gasteiger charge is -2.25. The SMILES string of the molecule is C=CCOC(=O)c1sc(N2C(=O)C(=O)/C(=C(/O)c3ccc(OCCCC)cc3)C2c2cccc(OC)c2OC)nc1C. The number of aliphatic hydroxyl groups is 1. The molecule has 2 heterocycles. The first kappa shape index (κ1) is 30.3. The second kappa shape index (κ2) is 13.3. The summed E-state index contributed by atoms with van der Waals surface area (Å²) in [6.45, 7) is 7.77. The largest absolute Gasteiger partial charge is 0.507 e. The Morgan fingerprint density at radius 1 is 1.14 bits per heavy atom. The number of rotatable bonds is 12. The number of aryl methyl sites for hydroxylation is 1. The number of aliphatic hydroxyl groups excluding tert-OH is 1. The number of ketones is 1. The maximum Gasteiger partial charge on any atom is 0.350 e. The molecular formula is C31H32N2O8S. The zero-order valence-electron chi connectivity index (χ0n) is 23.8. The van der Waals surface area contributed by atoms with Gasteiger partial charge >= 0.3 is 11.9 Å². The first-order valence-corrected chi connectivity index (χ1v) is 14.1. The number of carbonyl (C=O) groups is 3. The lowest BCUT2D eigenvalue weighted by atomic mass is 9.94. The molecule has 0 bridgehead atoms. The van der Waals surface area contributed by atoms with Gasteiger partial charge in [0.1, 0.15) is 29.0 Å². The van der Waals surface area contributed by atoms with Crippen LogP contribution in [-0.2, 0) is 14.3 Å². The molecule has 1 fully saturated rings. The molecule has 1 N–H and O–H groups in total. The fraction of sp³-hybridized carbons (Fsp3) is 0.290. The Kier molecular flexibility index (Phi) is 9.64. The van der Waals surface area contributed by atoms with Gasteiger partial charge in [0.15, 0.2) is 16.6 Å². The van der Waals surface area contributed by atoms with Crippen LogP contribution in [0.25, 0.3) is 5.76 Å². The van der Waals surface area contributed by atoms with E-state index in [1.54, 1.807) is 49.4 Å². The van der Waals surface area contributed by atoms with E-state index >= 15 is 0 Å². The highest BCUT2D eigenvalue weighted by Gasteiger charge is 2.49. The highest BCUT2D eigenvalue weighted by Crippen LogP contribution is 2.48. The molecule has 0 spiro atoms. The number of thiazole rings is 1. The lowest BCUT2D eigenvalue weighted by Crippen LogP contribution is -2.29. The molecule has 2 aromatic carbocycles. The molecule has 1 aromatic heterocycles. The van der Waals surface area contributed by atoms with Gasteiger partial charge in [-0.2, -0.15) is 0 Å². The van der Waals surface area contributed by atoms with E-state index in [1.807, 2.05) is 0 Å². The maximum atomic E-state index is 13.6.